The zero-order valence-electron chi connectivity index (χ0n) is 11.3. The van der Waals surface area contributed by atoms with Crippen LogP contribution < -0.4 is 15.2 Å². The standard InChI is InChI=1S/C11H19N3O4S2/c1-9(2)13-6-7-14-20(17,18)11-5-3-4-10(8-11)19(12,15)16/h3-5,8-9,13-14H,6-7H2,1-2H3,(H2,12,15,16). The van der Waals surface area contributed by atoms with Crippen LogP contribution in [0.5, 0.6) is 0 Å². The molecule has 0 aromatic heterocycles. The highest BCUT2D eigenvalue weighted by Gasteiger charge is 2.16. The van der Waals surface area contributed by atoms with Gasteiger partial charge in [-0.15, -0.1) is 0 Å². The summed E-state index contributed by atoms with van der Waals surface area (Å²) < 4.78 is 48.7. The maximum absolute atomic E-state index is 12.0. The van der Waals surface area contributed by atoms with Gasteiger partial charge in [-0.05, 0) is 18.2 Å². The molecule has 0 fully saturated rings. The van der Waals surface area contributed by atoms with Gasteiger partial charge in [-0.1, -0.05) is 19.9 Å². The van der Waals surface area contributed by atoms with Gasteiger partial charge >= 0.3 is 0 Å². The number of hydrogen-bond donors (Lipinski definition) is 3. The first-order valence-electron chi connectivity index (χ1n) is 5.99. The summed E-state index contributed by atoms with van der Waals surface area (Å²) in [7, 11) is -7.68. The lowest BCUT2D eigenvalue weighted by Crippen LogP contribution is -2.34. The summed E-state index contributed by atoms with van der Waals surface area (Å²) in [6.07, 6.45) is 0. The Hall–Kier alpha value is -1.00. The van der Waals surface area contributed by atoms with Gasteiger partial charge < -0.3 is 5.32 Å². The van der Waals surface area contributed by atoms with Gasteiger partial charge in [-0.2, -0.15) is 0 Å². The summed E-state index contributed by atoms with van der Waals surface area (Å²) in [4.78, 5) is -0.366. The Balaban J connectivity index is 2.83. The SMILES string of the molecule is CC(C)NCCNS(=O)(=O)c1cccc(S(N)(=O)=O)c1. The minimum absolute atomic E-state index is 0.131. The zero-order valence-corrected chi connectivity index (χ0v) is 13.0. The van der Waals surface area contributed by atoms with E-state index in [1.165, 1.54) is 18.2 Å². The molecule has 0 saturated heterocycles. The third kappa shape index (κ3) is 5.17. The van der Waals surface area contributed by atoms with Crippen LogP contribution >= 0.6 is 0 Å². The third-order valence-electron chi connectivity index (χ3n) is 2.41. The first kappa shape index (κ1) is 17.1. The van der Waals surface area contributed by atoms with Crippen LogP contribution in [0.1, 0.15) is 13.8 Å². The Bertz CT molecular complexity index is 654. The molecular weight excluding hydrogens is 302 g/mol. The maximum Gasteiger partial charge on any atom is 0.240 e. The highest BCUT2D eigenvalue weighted by Crippen LogP contribution is 2.14. The van der Waals surface area contributed by atoms with Crippen molar-refractivity contribution < 1.29 is 16.8 Å². The van der Waals surface area contributed by atoms with Crippen molar-refractivity contribution in [1.82, 2.24) is 10.0 Å². The Morgan fingerprint density at radius 2 is 1.70 bits per heavy atom. The molecule has 114 valence electrons. The van der Waals surface area contributed by atoms with Crippen LogP contribution in [-0.4, -0.2) is 36.0 Å². The van der Waals surface area contributed by atoms with Crippen molar-refractivity contribution in [2.75, 3.05) is 13.1 Å². The van der Waals surface area contributed by atoms with E-state index in [1.54, 1.807) is 0 Å². The zero-order chi connectivity index (χ0) is 15.4. The first-order chi connectivity index (χ1) is 9.13. The Morgan fingerprint density at radius 3 is 2.25 bits per heavy atom. The van der Waals surface area contributed by atoms with Gasteiger partial charge in [0.25, 0.3) is 0 Å². The molecule has 0 bridgehead atoms. The number of nitrogens with two attached hydrogens (primary N) is 1. The van der Waals surface area contributed by atoms with Gasteiger partial charge in [-0.3, -0.25) is 0 Å². The molecule has 0 spiro atoms. The number of benzene rings is 1. The molecule has 0 amide bonds. The number of hydrogen-bond acceptors (Lipinski definition) is 5. The monoisotopic (exact) mass is 321 g/mol. The molecule has 4 N–H and O–H groups in total. The van der Waals surface area contributed by atoms with Gasteiger partial charge in [0.1, 0.15) is 0 Å². The van der Waals surface area contributed by atoms with Crippen LogP contribution in [0.3, 0.4) is 0 Å². The van der Waals surface area contributed by atoms with E-state index >= 15 is 0 Å². The summed E-state index contributed by atoms with van der Waals surface area (Å²) in [5, 5.41) is 8.03. The van der Waals surface area contributed by atoms with E-state index in [4.69, 9.17) is 5.14 Å². The van der Waals surface area contributed by atoms with Gasteiger partial charge in [0.15, 0.2) is 0 Å². The van der Waals surface area contributed by atoms with Crippen molar-refractivity contribution >= 4 is 20.0 Å². The third-order valence-corrected chi connectivity index (χ3v) is 4.78. The minimum Gasteiger partial charge on any atom is -0.313 e. The van der Waals surface area contributed by atoms with Gasteiger partial charge in [-0.25, -0.2) is 26.7 Å². The predicted molar refractivity (Wildman–Crippen MR) is 76.1 cm³/mol. The van der Waals surface area contributed by atoms with Crippen molar-refractivity contribution in [3.63, 3.8) is 0 Å². The predicted octanol–water partition coefficient (Wildman–Crippen LogP) is -0.390. The second kappa shape index (κ2) is 6.64. The fourth-order valence-electron chi connectivity index (χ4n) is 1.45. The van der Waals surface area contributed by atoms with Crippen molar-refractivity contribution in [1.29, 1.82) is 0 Å². The lowest BCUT2D eigenvalue weighted by atomic mass is 10.4. The highest BCUT2D eigenvalue weighted by molar-refractivity contribution is 7.90. The summed E-state index contributed by atoms with van der Waals surface area (Å²) in [6, 6.07) is 5.18. The normalized spacial score (nSPS) is 12.8. The molecule has 0 atom stereocenters. The first-order valence-corrected chi connectivity index (χ1v) is 9.02. The van der Waals surface area contributed by atoms with E-state index in [0.29, 0.717) is 6.54 Å². The smallest absolute Gasteiger partial charge is 0.240 e. The number of primary sulfonamides is 1. The van der Waals surface area contributed by atoms with Gasteiger partial charge in [0.2, 0.25) is 20.0 Å². The Kier molecular flexibility index (Phi) is 5.66. The molecule has 1 aromatic carbocycles. The minimum atomic E-state index is -3.93. The van der Waals surface area contributed by atoms with E-state index in [2.05, 4.69) is 10.0 Å². The van der Waals surface area contributed by atoms with Crippen LogP contribution in [0.4, 0.5) is 0 Å². The second-order valence-corrected chi connectivity index (χ2v) is 7.85. The Morgan fingerprint density at radius 1 is 1.10 bits per heavy atom. The van der Waals surface area contributed by atoms with Crippen molar-refractivity contribution in [3.8, 4) is 0 Å². The average Bonchev–Trinajstić information content (AvgIpc) is 2.34. The van der Waals surface area contributed by atoms with Gasteiger partial charge in [0.05, 0.1) is 9.79 Å². The topological polar surface area (TPSA) is 118 Å². The molecule has 0 aliphatic rings. The molecule has 0 saturated carbocycles. The molecule has 20 heavy (non-hydrogen) atoms. The largest absolute Gasteiger partial charge is 0.313 e. The van der Waals surface area contributed by atoms with Crippen LogP contribution in [-0.2, 0) is 20.0 Å². The second-order valence-electron chi connectivity index (χ2n) is 4.53. The summed E-state index contributed by atoms with van der Waals surface area (Å²) in [5.74, 6) is 0. The van der Waals surface area contributed by atoms with Crippen molar-refractivity contribution in [3.05, 3.63) is 24.3 Å². The molecule has 0 aliphatic carbocycles. The van der Waals surface area contributed by atoms with Crippen LogP contribution in [0, 0.1) is 0 Å². The van der Waals surface area contributed by atoms with Gasteiger partial charge in [0, 0.05) is 19.1 Å². The fraction of sp³-hybridized carbons (Fsp3) is 0.455. The van der Waals surface area contributed by atoms with E-state index in [1.807, 2.05) is 13.8 Å². The van der Waals surface area contributed by atoms with E-state index in [9.17, 15) is 16.8 Å². The molecular formula is C11H19N3O4S2. The number of rotatable bonds is 7. The number of sulfonamides is 2. The molecule has 1 aromatic rings. The van der Waals surface area contributed by atoms with E-state index in [0.717, 1.165) is 6.07 Å². The summed E-state index contributed by atoms with van der Waals surface area (Å²) in [6.45, 7) is 4.58. The molecule has 9 heteroatoms. The fourth-order valence-corrected chi connectivity index (χ4v) is 3.16. The lowest BCUT2D eigenvalue weighted by Gasteiger charge is -2.10. The van der Waals surface area contributed by atoms with Crippen LogP contribution in [0.25, 0.3) is 0 Å². The molecule has 0 radical (unpaired) electrons. The summed E-state index contributed by atoms with van der Waals surface area (Å²) in [5.41, 5.74) is 0. The molecule has 0 aliphatic heterocycles. The van der Waals surface area contributed by atoms with E-state index in [-0.39, 0.29) is 22.4 Å². The van der Waals surface area contributed by atoms with E-state index < -0.39 is 20.0 Å². The number of nitrogens with one attached hydrogen (secondary N) is 2. The Labute approximate surface area is 119 Å². The molecule has 7 nitrogen and oxygen atoms in total. The van der Waals surface area contributed by atoms with Crippen LogP contribution in [0.15, 0.2) is 34.1 Å². The quantitative estimate of drug-likeness (QED) is 0.591. The molecule has 0 heterocycles. The van der Waals surface area contributed by atoms with Crippen LogP contribution in [0.2, 0.25) is 0 Å². The lowest BCUT2D eigenvalue weighted by molar-refractivity contribution is 0.559. The molecule has 0 unspecified atom stereocenters. The summed E-state index contributed by atoms with van der Waals surface area (Å²) >= 11 is 0. The van der Waals surface area contributed by atoms with Crippen molar-refractivity contribution in [2.24, 2.45) is 5.14 Å². The maximum atomic E-state index is 12.0. The average molecular weight is 321 g/mol. The highest BCUT2D eigenvalue weighted by atomic mass is 32.2. The van der Waals surface area contributed by atoms with Crippen molar-refractivity contribution in [2.45, 2.75) is 29.7 Å². The molecule has 1 rings (SSSR count).